The average molecular weight is 242 g/mol. The molecule has 2 N–H and O–H groups in total. The first-order valence-electron chi connectivity index (χ1n) is 5.56. The monoisotopic (exact) mass is 242 g/mol. The van der Waals surface area contributed by atoms with E-state index in [1.165, 1.54) is 6.07 Å². The number of oxazole rings is 1. The second-order valence-electron chi connectivity index (χ2n) is 4.23. The molecule has 2 aromatic carbocycles. The highest BCUT2D eigenvalue weighted by atomic mass is 19.1. The van der Waals surface area contributed by atoms with Crippen LogP contribution in [0.1, 0.15) is 5.56 Å². The summed E-state index contributed by atoms with van der Waals surface area (Å²) in [5.74, 6) is -0.0670. The van der Waals surface area contributed by atoms with Gasteiger partial charge in [0.15, 0.2) is 5.58 Å². The quantitative estimate of drug-likeness (QED) is 0.664. The summed E-state index contributed by atoms with van der Waals surface area (Å²) in [7, 11) is 0. The van der Waals surface area contributed by atoms with Gasteiger partial charge in [0.25, 0.3) is 0 Å². The van der Waals surface area contributed by atoms with Crippen LogP contribution in [0.5, 0.6) is 0 Å². The Morgan fingerprint density at radius 3 is 2.78 bits per heavy atom. The summed E-state index contributed by atoms with van der Waals surface area (Å²) in [6, 6.07) is 10.1. The van der Waals surface area contributed by atoms with Gasteiger partial charge in [0.2, 0.25) is 5.89 Å². The van der Waals surface area contributed by atoms with Crippen LogP contribution in [0, 0.1) is 12.7 Å². The molecular weight excluding hydrogens is 231 g/mol. The second kappa shape index (κ2) is 3.84. The molecule has 3 aromatic rings. The Bertz CT molecular complexity index is 734. The molecule has 0 aliphatic rings. The van der Waals surface area contributed by atoms with Crippen LogP contribution < -0.4 is 5.73 Å². The molecule has 1 heterocycles. The maximum absolute atomic E-state index is 13.8. The first-order valence-corrected chi connectivity index (χ1v) is 5.56. The minimum atomic E-state index is -0.338. The van der Waals surface area contributed by atoms with Crippen molar-refractivity contribution in [1.29, 1.82) is 0 Å². The lowest BCUT2D eigenvalue weighted by molar-refractivity contribution is 0.593. The zero-order valence-corrected chi connectivity index (χ0v) is 9.77. The predicted molar refractivity (Wildman–Crippen MR) is 68.6 cm³/mol. The van der Waals surface area contributed by atoms with Crippen molar-refractivity contribution < 1.29 is 8.81 Å². The van der Waals surface area contributed by atoms with Crippen LogP contribution in [-0.4, -0.2) is 4.98 Å². The molecule has 0 spiro atoms. The third kappa shape index (κ3) is 1.72. The Kier molecular flexibility index (Phi) is 2.30. The molecule has 90 valence electrons. The zero-order valence-electron chi connectivity index (χ0n) is 9.77. The molecule has 0 fully saturated rings. The topological polar surface area (TPSA) is 52.0 Å². The Hall–Kier alpha value is -2.36. The highest BCUT2D eigenvalue weighted by Crippen LogP contribution is 2.27. The fourth-order valence-corrected chi connectivity index (χ4v) is 1.85. The standard InChI is InChI=1S/C14H11FN2O/c1-8-2-4-10(11(15)6-8)14-17-12-5-3-9(16)7-13(12)18-14/h2-7H,16H2,1H3. The molecule has 3 nitrogen and oxygen atoms in total. The first-order chi connectivity index (χ1) is 8.63. The Morgan fingerprint density at radius 2 is 2.00 bits per heavy atom. The van der Waals surface area contributed by atoms with Crippen LogP contribution in [-0.2, 0) is 0 Å². The third-order valence-electron chi connectivity index (χ3n) is 2.77. The van der Waals surface area contributed by atoms with Gasteiger partial charge in [-0.25, -0.2) is 9.37 Å². The number of nitrogens with zero attached hydrogens (tertiary/aromatic N) is 1. The molecule has 0 bridgehead atoms. The first kappa shape index (κ1) is 10.8. The number of fused-ring (bicyclic) bond motifs is 1. The number of benzene rings is 2. The van der Waals surface area contributed by atoms with Gasteiger partial charge in [-0.1, -0.05) is 6.07 Å². The number of nitrogens with two attached hydrogens (primary N) is 1. The number of aryl methyl sites for hydroxylation is 1. The van der Waals surface area contributed by atoms with Gasteiger partial charge in [-0.3, -0.25) is 0 Å². The van der Waals surface area contributed by atoms with Crippen molar-refractivity contribution in [2.24, 2.45) is 0 Å². The van der Waals surface area contributed by atoms with Crippen molar-refractivity contribution in [2.45, 2.75) is 6.92 Å². The van der Waals surface area contributed by atoms with E-state index in [9.17, 15) is 4.39 Å². The summed E-state index contributed by atoms with van der Waals surface area (Å²) >= 11 is 0. The van der Waals surface area contributed by atoms with Gasteiger partial charge in [-0.2, -0.15) is 0 Å². The van der Waals surface area contributed by atoms with E-state index >= 15 is 0 Å². The minimum absolute atomic E-state index is 0.271. The molecular formula is C14H11FN2O. The van der Waals surface area contributed by atoms with Crippen molar-refractivity contribution in [3.05, 3.63) is 47.8 Å². The van der Waals surface area contributed by atoms with E-state index < -0.39 is 0 Å². The molecule has 4 heteroatoms. The molecule has 0 aliphatic heterocycles. The molecule has 1 aromatic heterocycles. The maximum Gasteiger partial charge on any atom is 0.230 e. The normalized spacial score (nSPS) is 11.0. The number of rotatable bonds is 1. The van der Waals surface area contributed by atoms with Crippen LogP contribution in [0.15, 0.2) is 40.8 Å². The lowest BCUT2D eigenvalue weighted by Crippen LogP contribution is -1.85. The van der Waals surface area contributed by atoms with Crippen LogP contribution >= 0.6 is 0 Å². The van der Waals surface area contributed by atoms with Crippen molar-refractivity contribution in [3.63, 3.8) is 0 Å². The van der Waals surface area contributed by atoms with Crippen molar-refractivity contribution >= 4 is 16.8 Å². The van der Waals surface area contributed by atoms with E-state index in [1.54, 1.807) is 24.3 Å². The van der Waals surface area contributed by atoms with Crippen LogP contribution in [0.4, 0.5) is 10.1 Å². The summed E-state index contributed by atoms with van der Waals surface area (Å²) in [6.45, 7) is 1.83. The van der Waals surface area contributed by atoms with Gasteiger partial charge < -0.3 is 10.2 Å². The van der Waals surface area contributed by atoms with Crippen molar-refractivity contribution in [1.82, 2.24) is 4.98 Å². The van der Waals surface area contributed by atoms with E-state index in [4.69, 9.17) is 10.2 Å². The molecule has 18 heavy (non-hydrogen) atoms. The Morgan fingerprint density at radius 1 is 1.17 bits per heavy atom. The summed E-state index contributed by atoms with van der Waals surface area (Å²) in [4.78, 5) is 4.25. The van der Waals surface area contributed by atoms with Crippen LogP contribution in [0.3, 0.4) is 0 Å². The molecule has 0 radical (unpaired) electrons. The smallest absolute Gasteiger partial charge is 0.230 e. The molecule has 0 saturated carbocycles. The molecule has 3 rings (SSSR count). The zero-order chi connectivity index (χ0) is 12.7. The summed E-state index contributed by atoms with van der Waals surface area (Å²) < 4.78 is 19.3. The minimum Gasteiger partial charge on any atom is -0.436 e. The van der Waals surface area contributed by atoms with E-state index in [-0.39, 0.29) is 11.7 Å². The maximum atomic E-state index is 13.8. The number of hydrogen-bond acceptors (Lipinski definition) is 3. The average Bonchev–Trinajstić information content (AvgIpc) is 2.71. The lowest BCUT2D eigenvalue weighted by Gasteiger charge is -1.98. The summed E-state index contributed by atoms with van der Waals surface area (Å²) in [5, 5.41) is 0. The summed E-state index contributed by atoms with van der Waals surface area (Å²) in [5.41, 5.74) is 8.69. The number of aromatic nitrogens is 1. The molecule has 0 amide bonds. The highest BCUT2D eigenvalue weighted by Gasteiger charge is 2.12. The number of nitrogen functional groups attached to an aromatic ring is 1. The summed E-state index contributed by atoms with van der Waals surface area (Å²) in [6.07, 6.45) is 0. The van der Waals surface area contributed by atoms with Crippen molar-refractivity contribution in [3.8, 4) is 11.5 Å². The third-order valence-corrected chi connectivity index (χ3v) is 2.77. The highest BCUT2D eigenvalue weighted by molar-refractivity contribution is 5.79. The Balaban J connectivity index is 2.19. The van der Waals surface area contributed by atoms with Gasteiger partial charge in [-0.05, 0) is 36.8 Å². The fraction of sp³-hybridized carbons (Fsp3) is 0.0714. The largest absolute Gasteiger partial charge is 0.436 e. The van der Waals surface area contributed by atoms with Gasteiger partial charge in [0.05, 0.1) is 5.56 Å². The van der Waals surface area contributed by atoms with Gasteiger partial charge in [0.1, 0.15) is 11.3 Å². The number of halogens is 1. The van der Waals surface area contributed by atoms with E-state index in [0.717, 1.165) is 5.56 Å². The molecule has 0 atom stereocenters. The second-order valence-corrected chi connectivity index (χ2v) is 4.23. The molecule has 0 saturated heterocycles. The Labute approximate surface area is 103 Å². The number of hydrogen-bond donors (Lipinski definition) is 1. The van der Waals surface area contributed by atoms with Gasteiger partial charge in [0, 0.05) is 11.8 Å². The fourth-order valence-electron chi connectivity index (χ4n) is 1.85. The van der Waals surface area contributed by atoms with E-state index in [1.807, 2.05) is 13.0 Å². The molecule has 0 unspecified atom stereocenters. The molecule has 0 aliphatic carbocycles. The van der Waals surface area contributed by atoms with Crippen molar-refractivity contribution in [2.75, 3.05) is 5.73 Å². The van der Waals surface area contributed by atoms with E-state index in [2.05, 4.69) is 4.98 Å². The number of anilines is 1. The SMILES string of the molecule is Cc1ccc(-c2nc3ccc(N)cc3o2)c(F)c1. The van der Waals surface area contributed by atoms with Gasteiger partial charge in [-0.15, -0.1) is 0 Å². The van der Waals surface area contributed by atoms with Crippen LogP contribution in [0.2, 0.25) is 0 Å². The lowest BCUT2D eigenvalue weighted by atomic mass is 10.1. The van der Waals surface area contributed by atoms with Gasteiger partial charge >= 0.3 is 0 Å². The van der Waals surface area contributed by atoms with E-state index in [0.29, 0.717) is 22.4 Å². The predicted octanol–water partition coefficient (Wildman–Crippen LogP) is 3.52. The van der Waals surface area contributed by atoms with Crippen LogP contribution in [0.25, 0.3) is 22.6 Å².